The minimum Gasteiger partial charge on any atom is -0.338 e. The van der Waals surface area contributed by atoms with E-state index in [2.05, 4.69) is 16.0 Å². The van der Waals surface area contributed by atoms with Crippen LogP contribution in [-0.4, -0.2) is 24.5 Å². The van der Waals surface area contributed by atoms with Crippen molar-refractivity contribution in [3.63, 3.8) is 0 Å². The van der Waals surface area contributed by atoms with Crippen LogP contribution in [0.2, 0.25) is 5.02 Å². The van der Waals surface area contributed by atoms with Gasteiger partial charge in [0, 0.05) is 17.6 Å². The van der Waals surface area contributed by atoms with E-state index in [9.17, 15) is 9.59 Å². The van der Waals surface area contributed by atoms with Crippen LogP contribution in [0, 0.1) is 0 Å². The van der Waals surface area contributed by atoms with E-state index in [4.69, 9.17) is 11.6 Å². The van der Waals surface area contributed by atoms with Gasteiger partial charge in [-0.25, -0.2) is 4.79 Å². The summed E-state index contributed by atoms with van der Waals surface area (Å²) in [4.78, 5) is 23.1. The van der Waals surface area contributed by atoms with E-state index in [0.717, 1.165) is 5.56 Å². The zero-order chi connectivity index (χ0) is 15.1. The second-order valence-electron chi connectivity index (χ2n) is 4.51. The number of hydrogen-bond donors (Lipinski definition) is 3. The van der Waals surface area contributed by atoms with Crippen molar-refractivity contribution in [2.24, 2.45) is 0 Å². The molecule has 3 amide bonds. The lowest BCUT2D eigenvalue weighted by atomic mass is 10.1. The highest BCUT2D eigenvalue weighted by molar-refractivity contribution is 6.30. The second-order valence-corrected chi connectivity index (χ2v) is 4.95. The lowest BCUT2D eigenvalue weighted by Gasteiger charge is -2.19. The normalized spacial score (nSPS) is 13.4. The summed E-state index contributed by atoms with van der Waals surface area (Å²) in [6.45, 7) is 5.89. The van der Waals surface area contributed by atoms with Crippen molar-refractivity contribution in [3.8, 4) is 0 Å². The van der Waals surface area contributed by atoms with Crippen LogP contribution in [0.3, 0.4) is 0 Å². The number of amides is 3. The van der Waals surface area contributed by atoms with Crippen LogP contribution in [0.5, 0.6) is 0 Å². The van der Waals surface area contributed by atoms with Gasteiger partial charge in [0.05, 0.1) is 6.04 Å². The highest BCUT2D eigenvalue weighted by Gasteiger charge is 2.18. The molecule has 1 aromatic rings. The predicted octanol–water partition coefficient (Wildman–Crippen LogP) is 2.22. The maximum atomic E-state index is 11.8. The van der Waals surface area contributed by atoms with Gasteiger partial charge in [-0.05, 0) is 38.5 Å². The average molecular weight is 298 g/mol. The third-order valence-corrected chi connectivity index (χ3v) is 3.05. The van der Waals surface area contributed by atoms with E-state index in [-0.39, 0.29) is 11.9 Å². The molecule has 0 saturated heterocycles. The van der Waals surface area contributed by atoms with Gasteiger partial charge in [0.15, 0.2) is 0 Å². The monoisotopic (exact) mass is 297 g/mol. The van der Waals surface area contributed by atoms with Crippen molar-refractivity contribution in [1.82, 2.24) is 16.0 Å². The fourth-order valence-corrected chi connectivity index (χ4v) is 1.95. The number of halogens is 1. The summed E-state index contributed by atoms with van der Waals surface area (Å²) in [6, 6.07) is 6.39. The molecule has 1 aromatic carbocycles. The van der Waals surface area contributed by atoms with E-state index >= 15 is 0 Å². The summed E-state index contributed by atoms with van der Waals surface area (Å²) in [6.07, 6.45) is 0. The Kier molecular flexibility index (Phi) is 6.48. The molecule has 0 fully saturated rings. The first-order valence-electron chi connectivity index (χ1n) is 6.54. The molecule has 0 bridgehead atoms. The Bertz CT molecular complexity index is 479. The van der Waals surface area contributed by atoms with Crippen molar-refractivity contribution < 1.29 is 9.59 Å². The Morgan fingerprint density at radius 3 is 2.60 bits per heavy atom. The van der Waals surface area contributed by atoms with Gasteiger partial charge in [0.1, 0.15) is 0 Å². The molecular formula is C14H20ClN3O2. The van der Waals surface area contributed by atoms with Crippen LogP contribution >= 0.6 is 11.6 Å². The summed E-state index contributed by atoms with van der Waals surface area (Å²) in [7, 11) is 0. The number of imide groups is 1. The summed E-state index contributed by atoms with van der Waals surface area (Å²) >= 11 is 5.93. The van der Waals surface area contributed by atoms with Gasteiger partial charge >= 0.3 is 6.03 Å². The van der Waals surface area contributed by atoms with Crippen molar-refractivity contribution in [3.05, 3.63) is 34.9 Å². The Labute approximate surface area is 124 Å². The molecule has 2 atom stereocenters. The number of carbonyl (C=O) groups is 2. The van der Waals surface area contributed by atoms with Crippen LogP contribution in [-0.2, 0) is 4.79 Å². The smallest absolute Gasteiger partial charge is 0.321 e. The molecule has 0 radical (unpaired) electrons. The first-order valence-corrected chi connectivity index (χ1v) is 6.92. The van der Waals surface area contributed by atoms with Crippen LogP contribution in [0.25, 0.3) is 0 Å². The van der Waals surface area contributed by atoms with Crippen LogP contribution in [0.15, 0.2) is 24.3 Å². The Morgan fingerprint density at radius 2 is 2.00 bits per heavy atom. The molecule has 0 saturated carbocycles. The lowest BCUT2D eigenvalue weighted by Crippen LogP contribution is -2.48. The number of carbonyl (C=O) groups excluding carboxylic acids is 2. The zero-order valence-corrected chi connectivity index (χ0v) is 12.6. The molecule has 110 valence electrons. The SMILES string of the molecule is CCNC(=O)NC(=O)C(C)N[C@H](C)c1cccc(Cl)c1. The largest absolute Gasteiger partial charge is 0.338 e. The highest BCUT2D eigenvalue weighted by atomic mass is 35.5. The van der Waals surface area contributed by atoms with Crippen LogP contribution < -0.4 is 16.0 Å². The number of rotatable bonds is 5. The van der Waals surface area contributed by atoms with Crippen molar-refractivity contribution in [2.45, 2.75) is 32.9 Å². The Balaban J connectivity index is 2.54. The average Bonchev–Trinajstić information content (AvgIpc) is 2.38. The highest BCUT2D eigenvalue weighted by Crippen LogP contribution is 2.17. The van der Waals surface area contributed by atoms with Crippen molar-refractivity contribution in [2.75, 3.05) is 6.54 Å². The standard InChI is InChI=1S/C14H20ClN3O2/c1-4-16-14(20)18-13(19)10(3)17-9(2)11-6-5-7-12(15)8-11/h5-10,17H,4H2,1-3H3,(H2,16,18,19,20)/t9-,10?/m1/s1. The van der Waals surface area contributed by atoms with E-state index in [0.29, 0.717) is 11.6 Å². The number of hydrogen-bond acceptors (Lipinski definition) is 3. The predicted molar refractivity (Wildman–Crippen MR) is 79.7 cm³/mol. The molecule has 5 nitrogen and oxygen atoms in total. The molecule has 0 aliphatic rings. The molecule has 0 heterocycles. The van der Waals surface area contributed by atoms with Gasteiger partial charge in [-0.3, -0.25) is 15.4 Å². The summed E-state index contributed by atoms with van der Waals surface area (Å²) in [5.74, 6) is -0.371. The second kappa shape index (κ2) is 7.87. The third kappa shape index (κ3) is 5.19. The first-order chi connectivity index (χ1) is 9.43. The molecule has 3 N–H and O–H groups in total. The maximum absolute atomic E-state index is 11.8. The number of nitrogens with one attached hydrogen (secondary N) is 3. The Morgan fingerprint density at radius 1 is 1.30 bits per heavy atom. The van der Waals surface area contributed by atoms with E-state index < -0.39 is 12.1 Å². The van der Waals surface area contributed by atoms with Crippen LogP contribution in [0.1, 0.15) is 32.4 Å². The first kappa shape index (κ1) is 16.5. The molecule has 0 aliphatic carbocycles. The third-order valence-electron chi connectivity index (χ3n) is 2.82. The molecule has 0 aliphatic heterocycles. The summed E-state index contributed by atoms with van der Waals surface area (Å²) in [5, 5.41) is 8.55. The minimum atomic E-state index is -0.494. The molecule has 0 spiro atoms. The topological polar surface area (TPSA) is 70.2 Å². The Hall–Kier alpha value is -1.59. The van der Waals surface area contributed by atoms with E-state index in [1.54, 1.807) is 19.9 Å². The van der Waals surface area contributed by atoms with Gasteiger partial charge in [-0.2, -0.15) is 0 Å². The minimum absolute atomic E-state index is 0.0521. The van der Waals surface area contributed by atoms with Gasteiger partial charge < -0.3 is 5.32 Å². The van der Waals surface area contributed by atoms with Crippen LogP contribution in [0.4, 0.5) is 4.79 Å². The number of benzene rings is 1. The molecule has 6 heteroatoms. The molecule has 0 aromatic heterocycles. The quantitative estimate of drug-likeness (QED) is 0.780. The number of urea groups is 1. The summed E-state index contributed by atoms with van der Waals surface area (Å²) in [5.41, 5.74) is 0.982. The fraction of sp³-hybridized carbons (Fsp3) is 0.429. The molecule has 1 unspecified atom stereocenters. The van der Waals surface area contributed by atoms with Gasteiger partial charge in [-0.1, -0.05) is 23.7 Å². The zero-order valence-electron chi connectivity index (χ0n) is 11.9. The lowest BCUT2D eigenvalue weighted by molar-refractivity contribution is -0.121. The summed E-state index contributed by atoms with van der Waals surface area (Å²) < 4.78 is 0. The fourth-order valence-electron chi connectivity index (χ4n) is 1.75. The maximum Gasteiger partial charge on any atom is 0.321 e. The van der Waals surface area contributed by atoms with Gasteiger partial charge in [0.2, 0.25) is 5.91 Å². The van der Waals surface area contributed by atoms with Gasteiger partial charge in [0.25, 0.3) is 0 Å². The molecular weight excluding hydrogens is 278 g/mol. The molecule has 1 rings (SSSR count). The van der Waals surface area contributed by atoms with Crippen molar-refractivity contribution >= 4 is 23.5 Å². The van der Waals surface area contributed by atoms with Crippen molar-refractivity contribution in [1.29, 1.82) is 0 Å². The van der Waals surface area contributed by atoms with E-state index in [1.165, 1.54) is 0 Å². The van der Waals surface area contributed by atoms with Gasteiger partial charge in [-0.15, -0.1) is 0 Å². The van der Waals surface area contributed by atoms with E-state index in [1.807, 2.05) is 25.1 Å². The molecule has 20 heavy (non-hydrogen) atoms.